The van der Waals surface area contributed by atoms with E-state index in [4.69, 9.17) is 13.9 Å². The Balaban J connectivity index is 1.37. The zero-order valence-corrected chi connectivity index (χ0v) is 19.8. The van der Waals surface area contributed by atoms with Gasteiger partial charge in [-0.05, 0) is 48.5 Å². The van der Waals surface area contributed by atoms with Gasteiger partial charge in [-0.3, -0.25) is 4.72 Å². The van der Waals surface area contributed by atoms with E-state index in [1.807, 2.05) is 38.1 Å². The summed E-state index contributed by atoms with van der Waals surface area (Å²) in [5, 5.41) is 8.88. The van der Waals surface area contributed by atoms with E-state index in [0.717, 1.165) is 16.3 Å². The SMILES string of the molecule is COc1ccc(-c2nc(COc3ccc(S(=O)(=O)Nc4nnc(C(C)C)s4)cc3)co2)cc1. The van der Waals surface area contributed by atoms with Gasteiger partial charge in [0, 0.05) is 11.5 Å². The summed E-state index contributed by atoms with van der Waals surface area (Å²) in [6, 6.07) is 13.5. The predicted octanol–water partition coefficient (Wildman–Crippen LogP) is 4.70. The molecule has 172 valence electrons. The Labute approximate surface area is 195 Å². The minimum absolute atomic E-state index is 0.0966. The van der Waals surface area contributed by atoms with E-state index in [1.54, 1.807) is 19.2 Å². The molecular formula is C22H22N4O5S2. The van der Waals surface area contributed by atoms with Crippen LogP contribution in [-0.4, -0.2) is 30.7 Å². The van der Waals surface area contributed by atoms with Gasteiger partial charge in [0.15, 0.2) is 0 Å². The third-order valence-electron chi connectivity index (χ3n) is 4.57. The topological polar surface area (TPSA) is 116 Å². The molecule has 0 radical (unpaired) electrons. The maximum Gasteiger partial charge on any atom is 0.263 e. The number of nitrogens with zero attached hydrogens (tertiary/aromatic N) is 3. The van der Waals surface area contributed by atoms with E-state index in [1.165, 1.54) is 29.7 Å². The minimum atomic E-state index is -3.78. The Bertz CT molecular complexity index is 1310. The van der Waals surface area contributed by atoms with Crippen LogP contribution in [0.4, 0.5) is 5.13 Å². The van der Waals surface area contributed by atoms with Crippen LogP contribution in [0.25, 0.3) is 11.5 Å². The van der Waals surface area contributed by atoms with Crippen LogP contribution in [0.3, 0.4) is 0 Å². The van der Waals surface area contributed by atoms with E-state index in [2.05, 4.69) is 19.9 Å². The standard InChI is InChI=1S/C22H22N4O5S2/c1-14(2)21-24-25-22(32-21)26-33(27,28)19-10-8-18(9-11-19)30-12-16-13-31-20(23-16)15-4-6-17(29-3)7-5-15/h4-11,13-14H,12H2,1-3H3,(H,25,26). The summed E-state index contributed by atoms with van der Waals surface area (Å²) >= 11 is 1.21. The Morgan fingerprint density at radius 2 is 1.73 bits per heavy atom. The van der Waals surface area contributed by atoms with Gasteiger partial charge in [-0.2, -0.15) is 0 Å². The minimum Gasteiger partial charge on any atom is -0.497 e. The van der Waals surface area contributed by atoms with Crippen molar-refractivity contribution in [2.24, 2.45) is 0 Å². The summed E-state index contributed by atoms with van der Waals surface area (Å²) < 4.78 is 44.1. The van der Waals surface area contributed by atoms with Crippen molar-refractivity contribution in [3.05, 3.63) is 65.5 Å². The molecule has 4 aromatic rings. The second kappa shape index (κ2) is 9.59. The molecule has 33 heavy (non-hydrogen) atoms. The largest absolute Gasteiger partial charge is 0.497 e. The normalized spacial score (nSPS) is 11.5. The fourth-order valence-electron chi connectivity index (χ4n) is 2.79. The van der Waals surface area contributed by atoms with Gasteiger partial charge in [0.1, 0.15) is 35.1 Å². The van der Waals surface area contributed by atoms with E-state index < -0.39 is 10.0 Å². The average molecular weight is 487 g/mol. The number of hydrogen-bond acceptors (Lipinski definition) is 9. The second-order valence-electron chi connectivity index (χ2n) is 7.34. The van der Waals surface area contributed by atoms with Gasteiger partial charge < -0.3 is 13.9 Å². The second-order valence-corrected chi connectivity index (χ2v) is 10.0. The third-order valence-corrected chi connectivity index (χ3v) is 7.19. The molecule has 11 heteroatoms. The van der Waals surface area contributed by atoms with Crippen LogP contribution in [0.15, 0.2) is 64.1 Å². The van der Waals surface area contributed by atoms with Crippen molar-refractivity contribution < 1.29 is 22.3 Å². The molecule has 0 aliphatic heterocycles. The fourth-order valence-corrected chi connectivity index (χ4v) is 4.77. The zero-order chi connectivity index (χ0) is 23.4. The molecule has 4 rings (SSSR count). The lowest BCUT2D eigenvalue weighted by molar-refractivity contribution is 0.301. The number of aromatic nitrogens is 3. The summed E-state index contributed by atoms with van der Waals surface area (Å²) in [5.41, 5.74) is 1.43. The molecule has 0 aliphatic rings. The van der Waals surface area contributed by atoms with Crippen LogP contribution in [0, 0.1) is 0 Å². The zero-order valence-electron chi connectivity index (χ0n) is 18.2. The molecule has 0 bridgehead atoms. The van der Waals surface area contributed by atoms with Gasteiger partial charge in [-0.25, -0.2) is 13.4 Å². The summed E-state index contributed by atoms with van der Waals surface area (Å²) in [6.07, 6.45) is 1.52. The summed E-state index contributed by atoms with van der Waals surface area (Å²) in [5.74, 6) is 1.90. The van der Waals surface area contributed by atoms with Gasteiger partial charge in [0.2, 0.25) is 11.0 Å². The molecule has 0 saturated heterocycles. The fraction of sp³-hybridized carbons (Fsp3) is 0.227. The molecule has 0 aliphatic carbocycles. The highest BCUT2D eigenvalue weighted by atomic mass is 32.2. The average Bonchev–Trinajstić information content (AvgIpc) is 3.48. The summed E-state index contributed by atoms with van der Waals surface area (Å²) in [4.78, 5) is 4.52. The highest BCUT2D eigenvalue weighted by molar-refractivity contribution is 7.93. The van der Waals surface area contributed by atoms with Crippen LogP contribution >= 0.6 is 11.3 Å². The Morgan fingerprint density at radius 1 is 1.03 bits per heavy atom. The van der Waals surface area contributed by atoms with Crippen molar-refractivity contribution >= 4 is 26.5 Å². The van der Waals surface area contributed by atoms with Crippen LogP contribution in [0.2, 0.25) is 0 Å². The van der Waals surface area contributed by atoms with Gasteiger partial charge in [0.05, 0.1) is 12.0 Å². The molecule has 2 aromatic heterocycles. The highest BCUT2D eigenvalue weighted by Gasteiger charge is 2.18. The molecule has 0 atom stereocenters. The maximum atomic E-state index is 12.6. The summed E-state index contributed by atoms with van der Waals surface area (Å²) in [6.45, 7) is 4.11. The predicted molar refractivity (Wildman–Crippen MR) is 124 cm³/mol. The van der Waals surface area contributed by atoms with Crippen LogP contribution in [0.5, 0.6) is 11.5 Å². The molecule has 0 fully saturated rings. The monoisotopic (exact) mass is 486 g/mol. The van der Waals surface area contributed by atoms with Gasteiger partial charge >= 0.3 is 0 Å². The van der Waals surface area contributed by atoms with Crippen molar-refractivity contribution in [1.29, 1.82) is 0 Å². The number of sulfonamides is 1. The van der Waals surface area contributed by atoms with Gasteiger partial charge in [-0.15, -0.1) is 10.2 Å². The molecule has 1 N–H and O–H groups in total. The molecule has 0 spiro atoms. The summed E-state index contributed by atoms with van der Waals surface area (Å²) in [7, 11) is -2.17. The van der Waals surface area contributed by atoms with E-state index in [9.17, 15) is 8.42 Å². The third kappa shape index (κ3) is 5.49. The number of nitrogens with one attached hydrogen (secondary N) is 1. The maximum absolute atomic E-state index is 12.6. The van der Waals surface area contributed by atoms with Crippen molar-refractivity contribution in [1.82, 2.24) is 15.2 Å². The lowest BCUT2D eigenvalue weighted by atomic mass is 10.2. The molecular weight excluding hydrogens is 464 g/mol. The Hall–Kier alpha value is -3.44. The van der Waals surface area contributed by atoms with Crippen LogP contribution < -0.4 is 14.2 Å². The van der Waals surface area contributed by atoms with Gasteiger partial charge in [-0.1, -0.05) is 25.2 Å². The molecule has 0 unspecified atom stereocenters. The first-order valence-corrected chi connectivity index (χ1v) is 12.3. The van der Waals surface area contributed by atoms with E-state index in [-0.39, 0.29) is 22.6 Å². The first-order valence-electron chi connectivity index (χ1n) is 10.0. The smallest absolute Gasteiger partial charge is 0.263 e. The quantitative estimate of drug-likeness (QED) is 0.362. The first-order chi connectivity index (χ1) is 15.8. The number of benzene rings is 2. The van der Waals surface area contributed by atoms with Crippen LogP contribution in [0.1, 0.15) is 30.5 Å². The number of rotatable bonds is 9. The van der Waals surface area contributed by atoms with Crippen molar-refractivity contribution in [2.45, 2.75) is 31.3 Å². The molecule has 9 nitrogen and oxygen atoms in total. The molecule has 2 aromatic carbocycles. The molecule has 0 saturated carbocycles. The number of methoxy groups -OCH3 is 1. The molecule has 2 heterocycles. The number of oxazole rings is 1. The molecule has 0 amide bonds. The highest BCUT2D eigenvalue weighted by Crippen LogP contribution is 2.26. The number of hydrogen-bond donors (Lipinski definition) is 1. The van der Waals surface area contributed by atoms with Gasteiger partial charge in [0.25, 0.3) is 10.0 Å². The lowest BCUT2D eigenvalue weighted by Gasteiger charge is -2.07. The van der Waals surface area contributed by atoms with Crippen molar-refractivity contribution in [2.75, 3.05) is 11.8 Å². The number of anilines is 1. The van der Waals surface area contributed by atoms with Crippen LogP contribution in [-0.2, 0) is 16.6 Å². The van der Waals surface area contributed by atoms with E-state index >= 15 is 0 Å². The Kier molecular flexibility index (Phi) is 6.61. The van der Waals surface area contributed by atoms with Crippen molar-refractivity contribution in [3.8, 4) is 23.0 Å². The Morgan fingerprint density at radius 3 is 2.36 bits per heavy atom. The van der Waals surface area contributed by atoms with Crippen molar-refractivity contribution in [3.63, 3.8) is 0 Å². The lowest BCUT2D eigenvalue weighted by Crippen LogP contribution is -2.12. The van der Waals surface area contributed by atoms with E-state index in [0.29, 0.717) is 17.3 Å². The first kappa shape index (κ1) is 22.7. The number of ether oxygens (including phenoxy) is 2.